The molecule has 1 aliphatic rings. The molecule has 112 valence electrons. The van der Waals surface area contributed by atoms with Crippen molar-refractivity contribution in [1.29, 1.82) is 0 Å². The van der Waals surface area contributed by atoms with Crippen molar-refractivity contribution in [2.24, 2.45) is 0 Å². The summed E-state index contributed by atoms with van der Waals surface area (Å²) in [5.74, 6) is -0.316. The van der Waals surface area contributed by atoms with E-state index < -0.39 is 0 Å². The molecule has 6 heteroatoms. The molecule has 3 nitrogen and oxygen atoms in total. The van der Waals surface area contributed by atoms with Gasteiger partial charge in [0.2, 0.25) is 11.8 Å². The van der Waals surface area contributed by atoms with Crippen LogP contribution in [-0.2, 0) is 9.59 Å². The smallest absolute Gasteiger partial charge is 0.247 e. The number of amides is 2. The van der Waals surface area contributed by atoms with E-state index in [4.69, 9.17) is 11.6 Å². The Morgan fingerprint density at radius 1 is 1.05 bits per heavy atom. The summed E-state index contributed by atoms with van der Waals surface area (Å²) in [6.07, 6.45) is 0.220. The molecule has 0 aliphatic carbocycles. The Kier molecular flexibility index (Phi) is 4.75. The standard InChI is InChI=1S/C16H11ClINO2S/c17-10-1-7-13(8-2-10)22-14-9-15(20)19(16(14)21)12-5-3-11(18)4-6-12/h1-8,14H,9H2/t14-/m0/s1. The van der Waals surface area contributed by atoms with Crippen LogP contribution < -0.4 is 4.90 Å². The zero-order valence-corrected chi connectivity index (χ0v) is 15.1. The number of hydrogen-bond donors (Lipinski definition) is 0. The molecule has 1 atom stereocenters. The van der Waals surface area contributed by atoms with Crippen molar-refractivity contribution in [2.45, 2.75) is 16.6 Å². The maximum absolute atomic E-state index is 12.5. The summed E-state index contributed by atoms with van der Waals surface area (Å²) in [7, 11) is 0. The van der Waals surface area contributed by atoms with E-state index in [1.54, 1.807) is 24.3 Å². The topological polar surface area (TPSA) is 37.4 Å². The van der Waals surface area contributed by atoms with E-state index in [0.717, 1.165) is 8.47 Å². The highest BCUT2D eigenvalue weighted by Gasteiger charge is 2.40. The highest BCUT2D eigenvalue weighted by atomic mass is 127. The Labute approximate surface area is 151 Å². The third-order valence-electron chi connectivity index (χ3n) is 3.28. The number of nitrogens with zero attached hydrogens (tertiary/aromatic N) is 1. The van der Waals surface area contributed by atoms with Crippen molar-refractivity contribution >= 4 is 63.5 Å². The van der Waals surface area contributed by atoms with Crippen LogP contribution >= 0.6 is 46.0 Å². The predicted molar refractivity (Wildman–Crippen MR) is 97.4 cm³/mol. The molecule has 2 aromatic carbocycles. The Morgan fingerprint density at radius 2 is 1.68 bits per heavy atom. The van der Waals surface area contributed by atoms with Gasteiger partial charge in [0.1, 0.15) is 0 Å². The van der Waals surface area contributed by atoms with Gasteiger partial charge in [0.15, 0.2) is 0 Å². The summed E-state index contributed by atoms with van der Waals surface area (Å²) >= 11 is 9.45. The van der Waals surface area contributed by atoms with Gasteiger partial charge >= 0.3 is 0 Å². The molecule has 2 amide bonds. The van der Waals surface area contributed by atoms with Gasteiger partial charge in [-0.25, -0.2) is 4.90 Å². The van der Waals surface area contributed by atoms with Crippen LogP contribution in [0.2, 0.25) is 5.02 Å². The lowest BCUT2D eigenvalue weighted by Gasteiger charge is -2.15. The molecular weight excluding hydrogens is 433 g/mol. The average Bonchev–Trinajstić information content (AvgIpc) is 2.77. The first kappa shape index (κ1) is 15.8. The van der Waals surface area contributed by atoms with Gasteiger partial charge in [0.25, 0.3) is 0 Å². The summed E-state index contributed by atoms with van der Waals surface area (Å²) in [5.41, 5.74) is 0.634. The molecule has 1 heterocycles. The molecule has 0 saturated carbocycles. The van der Waals surface area contributed by atoms with E-state index in [-0.39, 0.29) is 23.5 Å². The highest BCUT2D eigenvalue weighted by Crippen LogP contribution is 2.34. The highest BCUT2D eigenvalue weighted by molar-refractivity contribution is 14.1. The second-order valence-corrected chi connectivity index (χ2v) is 7.77. The molecule has 1 fully saturated rings. The first-order valence-electron chi connectivity index (χ1n) is 6.59. The van der Waals surface area contributed by atoms with Gasteiger partial charge in [-0.05, 0) is 71.1 Å². The summed E-state index contributed by atoms with van der Waals surface area (Å²) < 4.78 is 1.06. The minimum absolute atomic E-state index is 0.155. The van der Waals surface area contributed by atoms with Crippen LogP contribution in [0.15, 0.2) is 53.4 Å². The largest absolute Gasteiger partial charge is 0.274 e. The van der Waals surface area contributed by atoms with Gasteiger partial charge in [-0.15, -0.1) is 11.8 Å². The van der Waals surface area contributed by atoms with Crippen LogP contribution in [-0.4, -0.2) is 17.1 Å². The van der Waals surface area contributed by atoms with Crippen LogP contribution in [0.3, 0.4) is 0 Å². The normalized spacial score (nSPS) is 18.1. The predicted octanol–water partition coefficient (Wildman–Crippen LogP) is 4.37. The molecule has 1 saturated heterocycles. The zero-order valence-electron chi connectivity index (χ0n) is 11.3. The Balaban J connectivity index is 1.79. The maximum Gasteiger partial charge on any atom is 0.247 e. The van der Waals surface area contributed by atoms with E-state index in [2.05, 4.69) is 22.6 Å². The number of benzene rings is 2. The molecule has 0 radical (unpaired) electrons. The lowest BCUT2D eigenvalue weighted by atomic mass is 10.3. The van der Waals surface area contributed by atoms with Gasteiger partial charge in [0, 0.05) is 19.9 Å². The quantitative estimate of drug-likeness (QED) is 0.522. The molecule has 22 heavy (non-hydrogen) atoms. The van der Waals surface area contributed by atoms with Crippen LogP contribution in [0, 0.1) is 3.57 Å². The monoisotopic (exact) mass is 443 g/mol. The van der Waals surface area contributed by atoms with Crippen molar-refractivity contribution in [3.63, 3.8) is 0 Å². The lowest BCUT2D eigenvalue weighted by molar-refractivity contribution is -0.121. The summed E-state index contributed by atoms with van der Waals surface area (Å²) in [5, 5.41) is 0.270. The zero-order chi connectivity index (χ0) is 15.7. The number of carbonyl (C=O) groups is 2. The van der Waals surface area contributed by atoms with E-state index in [9.17, 15) is 9.59 Å². The number of imide groups is 1. The van der Waals surface area contributed by atoms with E-state index in [1.165, 1.54) is 16.7 Å². The Hall–Kier alpha value is -1.05. The van der Waals surface area contributed by atoms with Crippen LogP contribution in [0.4, 0.5) is 5.69 Å². The minimum atomic E-state index is -0.382. The van der Waals surface area contributed by atoms with Gasteiger partial charge in [-0.1, -0.05) is 11.6 Å². The number of thioether (sulfide) groups is 1. The number of halogens is 2. The fraction of sp³-hybridized carbons (Fsp3) is 0.125. The molecule has 0 bridgehead atoms. The number of carbonyl (C=O) groups excluding carboxylic acids is 2. The second-order valence-electron chi connectivity index (χ2n) is 4.81. The van der Waals surface area contributed by atoms with Gasteiger partial charge in [-0.2, -0.15) is 0 Å². The van der Waals surface area contributed by atoms with Crippen molar-refractivity contribution in [3.8, 4) is 0 Å². The fourth-order valence-electron chi connectivity index (χ4n) is 2.23. The fourth-order valence-corrected chi connectivity index (χ4v) is 3.77. The molecule has 0 spiro atoms. The van der Waals surface area contributed by atoms with Gasteiger partial charge in [-0.3, -0.25) is 9.59 Å². The molecule has 0 aromatic heterocycles. The third-order valence-corrected chi connectivity index (χ3v) is 5.45. The molecule has 1 aliphatic heterocycles. The van der Waals surface area contributed by atoms with Gasteiger partial charge < -0.3 is 0 Å². The first-order valence-corrected chi connectivity index (χ1v) is 8.93. The number of anilines is 1. The second kappa shape index (κ2) is 6.60. The minimum Gasteiger partial charge on any atom is -0.274 e. The molecule has 0 unspecified atom stereocenters. The lowest BCUT2D eigenvalue weighted by Crippen LogP contribution is -2.31. The van der Waals surface area contributed by atoms with E-state index in [1.807, 2.05) is 24.3 Å². The van der Waals surface area contributed by atoms with E-state index >= 15 is 0 Å². The SMILES string of the molecule is O=C1C[C@H](Sc2ccc(Cl)cc2)C(=O)N1c1ccc(I)cc1. The Morgan fingerprint density at radius 3 is 2.32 bits per heavy atom. The number of hydrogen-bond acceptors (Lipinski definition) is 3. The average molecular weight is 444 g/mol. The van der Waals surface area contributed by atoms with Crippen LogP contribution in [0.5, 0.6) is 0 Å². The molecule has 3 rings (SSSR count). The van der Waals surface area contributed by atoms with Crippen molar-refractivity contribution in [3.05, 3.63) is 57.1 Å². The van der Waals surface area contributed by atoms with Crippen molar-refractivity contribution < 1.29 is 9.59 Å². The van der Waals surface area contributed by atoms with Crippen LogP contribution in [0.1, 0.15) is 6.42 Å². The molecular formula is C16H11ClINO2S. The number of rotatable bonds is 3. The molecule has 2 aromatic rings. The van der Waals surface area contributed by atoms with Gasteiger partial charge in [0.05, 0.1) is 10.9 Å². The van der Waals surface area contributed by atoms with Crippen molar-refractivity contribution in [1.82, 2.24) is 0 Å². The summed E-state index contributed by atoms with van der Waals surface area (Å²) in [6.45, 7) is 0. The summed E-state index contributed by atoms with van der Waals surface area (Å²) in [6, 6.07) is 14.6. The maximum atomic E-state index is 12.5. The van der Waals surface area contributed by atoms with Crippen molar-refractivity contribution in [2.75, 3.05) is 4.90 Å². The first-order chi connectivity index (χ1) is 10.5. The van der Waals surface area contributed by atoms with Crippen LogP contribution in [0.25, 0.3) is 0 Å². The Bertz CT molecular complexity index is 718. The third kappa shape index (κ3) is 3.31. The molecule has 0 N–H and O–H groups in total. The summed E-state index contributed by atoms with van der Waals surface area (Å²) in [4.78, 5) is 26.9. The van der Waals surface area contributed by atoms with E-state index in [0.29, 0.717) is 10.7 Å².